The molecule has 1 amide bonds. The minimum Gasteiger partial charge on any atom is -0.449 e. The fourth-order valence-electron chi connectivity index (χ4n) is 3.93. The van der Waals surface area contributed by atoms with Gasteiger partial charge in [0.25, 0.3) is 0 Å². The van der Waals surface area contributed by atoms with Gasteiger partial charge in [-0.3, -0.25) is 5.32 Å². The number of hydrogen-bond acceptors (Lipinski definition) is 8. The number of unbranched alkanes of at least 4 members (excludes halogenated alkanes) is 10. The van der Waals surface area contributed by atoms with Crippen LogP contribution in [-0.2, 0) is 4.74 Å². The van der Waals surface area contributed by atoms with E-state index < -0.39 is 0 Å². The number of aliphatic hydroxyl groups is 1. The second kappa shape index (κ2) is 26.4. The van der Waals surface area contributed by atoms with Gasteiger partial charge in [-0.05, 0) is 53.6 Å². The third-order valence-corrected chi connectivity index (χ3v) is 11.8. The molecule has 0 fully saturated rings. The van der Waals surface area contributed by atoms with Crippen molar-refractivity contribution in [2.75, 3.05) is 30.0 Å². The number of carbonyl (C=O) groups is 1. The van der Waals surface area contributed by atoms with Crippen molar-refractivity contribution in [3.63, 3.8) is 0 Å². The highest BCUT2D eigenvalue weighted by atomic mass is 33.5. The Labute approximate surface area is 247 Å². The smallest absolute Gasteiger partial charge is 0.411 e. The molecule has 0 aromatic heterocycles. The van der Waals surface area contributed by atoms with Gasteiger partial charge in [0.05, 0.1) is 6.61 Å². The molecular formula is C28H49NO3S5. The van der Waals surface area contributed by atoms with E-state index >= 15 is 0 Å². The van der Waals surface area contributed by atoms with E-state index in [2.05, 4.69) is 45.5 Å². The zero-order valence-electron chi connectivity index (χ0n) is 22.6. The molecule has 0 heterocycles. The monoisotopic (exact) mass is 607 g/mol. The quantitative estimate of drug-likeness (QED) is 0.0581. The number of thiol groups is 1. The molecule has 214 valence electrons. The lowest BCUT2D eigenvalue weighted by Crippen LogP contribution is -2.14. The number of rotatable bonds is 25. The highest BCUT2D eigenvalue weighted by molar-refractivity contribution is 9.05. The summed E-state index contributed by atoms with van der Waals surface area (Å²) in [5.41, 5.74) is 0.764. The number of nitrogens with one attached hydrogen (secondary N) is 1. The zero-order chi connectivity index (χ0) is 26.8. The molecule has 1 aromatic carbocycles. The van der Waals surface area contributed by atoms with Gasteiger partial charge in [0.2, 0.25) is 0 Å². The number of carbonyl (C=O) groups excluding carboxylic acids is 1. The molecule has 9 heteroatoms. The summed E-state index contributed by atoms with van der Waals surface area (Å²) in [4.78, 5) is 11.8. The Hall–Kier alpha value is 0.200. The number of ether oxygens (including phenoxy) is 1. The van der Waals surface area contributed by atoms with Crippen LogP contribution in [0, 0.1) is 5.92 Å². The summed E-state index contributed by atoms with van der Waals surface area (Å²) in [5.74, 6) is 3.20. The highest BCUT2D eigenvalue weighted by Crippen LogP contribution is 2.37. The lowest BCUT2D eigenvalue weighted by molar-refractivity contribution is 0.159. The summed E-state index contributed by atoms with van der Waals surface area (Å²) in [6.07, 6.45) is 16.7. The first-order valence-corrected chi connectivity index (χ1v) is 19.7. The van der Waals surface area contributed by atoms with Crippen molar-refractivity contribution in [1.29, 1.82) is 0 Å². The molecule has 0 aliphatic rings. The summed E-state index contributed by atoms with van der Waals surface area (Å²) in [6, 6.07) is 9.41. The standard InChI is InChI=1S/C28H49NO3S5/c1-25(17-11-6-2-4-8-15-21-30)23-34-36-27(24-35-37-33)20-14-7-3-5-9-16-22-32-28(31)29-26-18-12-10-13-19-26/h10,12-13,18-19,25,27,30,33H,2-9,11,14-17,20-24H2,1H3,(H,29,31). The molecule has 0 aliphatic carbocycles. The van der Waals surface area contributed by atoms with E-state index in [1.165, 1.54) is 76.4 Å². The lowest BCUT2D eigenvalue weighted by Gasteiger charge is -2.16. The Morgan fingerprint density at radius 2 is 1.49 bits per heavy atom. The predicted octanol–water partition coefficient (Wildman–Crippen LogP) is 10.3. The fraction of sp³-hybridized carbons (Fsp3) is 0.750. The highest BCUT2D eigenvalue weighted by Gasteiger charge is 2.12. The normalized spacial score (nSPS) is 12.8. The van der Waals surface area contributed by atoms with Gasteiger partial charge in [0, 0.05) is 29.0 Å². The maximum atomic E-state index is 11.8. The molecule has 1 rings (SSSR count). The van der Waals surface area contributed by atoms with Gasteiger partial charge < -0.3 is 9.84 Å². The summed E-state index contributed by atoms with van der Waals surface area (Å²) in [6.45, 7) is 3.22. The van der Waals surface area contributed by atoms with Crippen molar-refractivity contribution in [1.82, 2.24) is 0 Å². The molecule has 2 atom stereocenters. The molecule has 37 heavy (non-hydrogen) atoms. The van der Waals surface area contributed by atoms with Crippen LogP contribution in [0.4, 0.5) is 10.5 Å². The molecule has 2 N–H and O–H groups in total. The van der Waals surface area contributed by atoms with Crippen LogP contribution in [0.5, 0.6) is 0 Å². The summed E-state index contributed by atoms with van der Waals surface area (Å²) < 4.78 is 5.27. The maximum Gasteiger partial charge on any atom is 0.411 e. The van der Waals surface area contributed by atoms with Crippen molar-refractivity contribution in [3.8, 4) is 0 Å². The Morgan fingerprint density at radius 1 is 0.865 bits per heavy atom. The van der Waals surface area contributed by atoms with Gasteiger partial charge in [-0.25, -0.2) is 4.79 Å². The Balaban J connectivity index is 2.00. The van der Waals surface area contributed by atoms with Crippen LogP contribution >= 0.6 is 53.9 Å². The average Bonchev–Trinajstić information content (AvgIpc) is 2.90. The SMILES string of the molecule is CC(CCCCCCCCO)CSSC(CCCCCCCCOC(=O)Nc1ccccc1)CSSS. The second-order valence-electron chi connectivity index (χ2n) is 9.64. The number of benzene rings is 1. The summed E-state index contributed by atoms with van der Waals surface area (Å²) in [7, 11) is 7.61. The fourth-order valence-corrected chi connectivity index (χ4v) is 9.45. The third kappa shape index (κ3) is 22.7. The topological polar surface area (TPSA) is 58.6 Å². The number of anilines is 1. The summed E-state index contributed by atoms with van der Waals surface area (Å²) >= 11 is 4.31. The number of hydrogen-bond donors (Lipinski definition) is 3. The van der Waals surface area contributed by atoms with E-state index in [9.17, 15) is 4.79 Å². The molecule has 0 radical (unpaired) electrons. The molecule has 0 saturated heterocycles. The number of para-hydroxylation sites is 1. The van der Waals surface area contributed by atoms with Crippen molar-refractivity contribution in [2.45, 2.75) is 102 Å². The number of aliphatic hydroxyl groups excluding tert-OH is 1. The Morgan fingerprint density at radius 3 is 2.16 bits per heavy atom. The van der Waals surface area contributed by atoms with Crippen LogP contribution in [0.15, 0.2) is 30.3 Å². The van der Waals surface area contributed by atoms with Crippen molar-refractivity contribution >= 4 is 65.6 Å². The molecule has 0 aliphatic heterocycles. The van der Waals surface area contributed by atoms with E-state index in [0.717, 1.165) is 36.6 Å². The predicted molar refractivity (Wildman–Crippen MR) is 175 cm³/mol. The molecule has 0 bridgehead atoms. The second-order valence-corrected chi connectivity index (χ2v) is 15.6. The van der Waals surface area contributed by atoms with Gasteiger partial charge in [0.1, 0.15) is 0 Å². The van der Waals surface area contributed by atoms with E-state index in [1.54, 1.807) is 9.83 Å². The first kappa shape index (κ1) is 35.2. The minimum absolute atomic E-state index is 0.340. The first-order valence-electron chi connectivity index (χ1n) is 14.0. The Bertz CT molecular complexity index is 642. The van der Waals surface area contributed by atoms with Gasteiger partial charge in [0.15, 0.2) is 0 Å². The van der Waals surface area contributed by atoms with Gasteiger partial charge in [-0.2, -0.15) is 0 Å². The van der Waals surface area contributed by atoms with Crippen LogP contribution in [0.25, 0.3) is 0 Å². The van der Waals surface area contributed by atoms with Crippen LogP contribution in [0.2, 0.25) is 0 Å². The molecule has 0 spiro atoms. The first-order chi connectivity index (χ1) is 18.2. The molecule has 0 saturated carbocycles. The zero-order valence-corrected chi connectivity index (χ0v) is 26.8. The van der Waals surface area contributed by atoms with Crippen molar-refractivity contribution in [3.05, 3.63) is 30.3 Å². The molecular weight excluding hydrogens is 559 g/mol. The minimum atomic E-state index is -0.371. The van der Waals surface area contributed by atoms with E-state index in [4.69, 9.17) is 9.84 Å². The summed E-state index contributed by atoms with van der Waals surface area (Å²) in [5, 5.41) is 12.3. The molecule has 1 aromatic rings. The molecule has 2 unspecified atom stereocenters. The number of amides is 1. The van der Waals surface area contributed by atoms with Gasteiger partial charge in [-0.1, -0.05) is 133 Å². The van der Waals surface area contributed by atoms with Crippen LogP contribution in [0.3, 0.4) is 0 Å². The third-order valence-electron chi connectivity index (χ3n) is 6.14. The maximum absolute atomic E-state index is 11.8. The van der Waals surface area contributed by atoms with E-state index in [0.29, 0.717) is 18.5 Å². The largest absolute Gasteiger partial charge is 0.449 e. The van der Waals surface area contributed by atoms with Crippen LogP contribution in [-0.4, -0.2) is 41.2 Å². The van der Waals surface area contributed by atoms with Crippen molar-refractivity contribution in [2.24, 2.45) is 5.92 Å². The van der Waals surface area contributed by atoms with Crippen molar-refractivity contribution < 1.29 is 14.6 Å². The Kier molecular flexibility index (Phi) is 25.2. The van der Waals surface area contributed by atoms with Gasteiger partial charge in [-0.15, -0.1) is 0 Å². The average molecular weight is 608 g/mol. The van der Waals surface area contributed by atoms with Gasteiger partial charge >= 0.3 is 6.09 Å². The van der Waals surface area contributed by atoms with Crippen LogP contribution < -0.4 is 5.32 Å². The van der Waals surface area contributed by atoms with Crippen LogP contribution in [0.1, 0.15) is 96.8 Å². The van der Waals surface area contributed by atoms with E-state index in [1.807, 2.05) is 41.1 Å². The van der Waals surface area contributed by atoms with E-state index in [-0.39, 0.29) is 6.09 Å². The molecule has 4 nitrogen and oxygen atoms in total. The lowest BCUT2D eigenvalue weighted by atomic mass is 10.0.